The molecule has 0 fully saturated rings. The highest BCUT2D eigenvalue weighted by molar-refractivity contribution is 5.99. The molecule has 2 aromatic heterocycles. The van der Waals surface area contributed by atoms with Crippen molar-refractivity contribution in [1.29, 1.82) is 0 Å². The number of hydrogen-bond donors (Lipinski definition) is 3. The van der Waals surface area contributed by atoms with Crippen LogP contribution in [-0.4, -0.2) is 51.9 Å². The van der Waals surface area contributed by atoms with Crippen LogP contribution in [0.3, 0.4) is 0 Å². The number of anilines is 1. The normalized spacial score (nSPS) is 12.9. The number of carbonyl (C=O) groups is 2. The number of carboxylic acids is 1. The third-order valence-corrected chi connectivity index (χ3v) is 7.42. The van der Waals surface area contributed by atoms with Gasteiger partial charge in [-0.2, -0.15) is 13.2 Å². The van der Waals surface area contributed by atoms with Crippen molar-refractivity contribution >= 4 is 28.5 Å². The molecule has 3 N–H and O–H groups in total. The second kappa shape index (κ2) is 12.9. The molecule has 0 aliphatic carbocycles. The highest BCUT2D eigenvalue weighted by Crippen LogP contribution is 2.34. The molecule has 0 bridgehead atoms. The molecule has 2 aromatic carbocycles. The van der Waals surface area contributed by atoms with Crippen LogP contribution in [0.2, 0.25) is 0 Å². The number of benzene rings is 2. The number of alkyl halides is 3. The monoisotopic (exact) mass is 632 g/mol. The highest BCUT2D eigenvalue weighted by atomic mass is 19.4. The van der Waals surface area contributed by atoms with Gasteiger partial charge >= 0.3 is 12.1 Å². The summed E-state index contributed by atoms with van der Waals surface area (Å²) in [5.74, 6) is -5.60. The number of aromatic nitrogens is 2. The first-order valence-electron chi connectivity index (χ1n) is 13.6. The zero-order chi connectivity index (χ0) is 33.2. The zero-order valence-corrected chi connectivity index (χ0v) is 24.6. The third kappa shape index (κ3) is 6.74. The Labute approximate surface area is 253 Å². The molecule has 0 radical (unpaired) electrons. The molecule has 0 saturated carbocycles. The van der Waals surface area contributed by atoms with Gasteiger partial charge in [0, 0.05) is 48.1 Å². The van der Waals surface area contributed by atoms with E-state index in [9.17, 15) is 41.4 Å². The Morgan fingerprint density at radius 1 is 1.11 bits per heavy atom. The van der Waals surface area contributed by atoms with Crippen LogP contribution < -0.4 is 20.9 Å². The maximum atomic E-state index is 14.8. The Morgan fingerprint density at radius 3 is 2.36 bits per heavy atom. The Bertz CT molecular complexity index is 1820. The number of nitrogens with one attached hydrogen (secondary N) is 2. The fourth-order valence-electron chi connectivity index (χ4n) is 4.95. The predicted molar refractivity (Wildman–Crippen MR) is 156 cm³/mol. The summed E-state index contributed by atoms with van der Waals surface area (Å²) in [6.07, 6.45) is -3.97. The Hall–Kier alpha value is -5.01. The molecule has 45 heavy (non-hydrogen) atoms. The van der Waals surface area contributed by atoms with E-state index in [1.165, 1.54) is 24.8 Å². The van der Waals surface area contributed by atoms with E-state index in [2.05, 4.69) is 10.3 Å². The summed E-state index contributed by atoms with van der Waals surface area (Å²) in [7, 11) is 3.02. The van der Waals surface area contributed by atoms with Gasteiger partial charge in [-0.1, -0.05) is 25.1 Å². The second-order valence-corrected chi connectivity index (χ2v) is 10.3. The lowest BCUT2D eigenvalue weighted by Gasteiger charge is -2.22. The van der Waals surface area contributed by atoms with Gasteiger partial charge in [-0.05, 0) is 37.1 Å². The number of rotatable bonds is 10. The maximum absolute atomic E-state index is 14.8. The van der Waals surface area contributed by atoms with Crippen LogP contribution in [0.15, 0.2) is 53.5 Å². The number of carboxylic acid groups (broad SMARTS) is 1. The summed E-state index contributed by atoms with van der Waals surface area (Å²) in [5, 5.41) is 14.4. The average molecular weight is 633 g/mol. The molecule has 1 amide bonds. The summed E-state index contributed by atoms with van der Waals surface area (Å²) in [5.41, 5.74) is -0.0268. The number of pyridine rings is 2. The number of carbonyl (C=O) groups excluding carboxylic acids is 1. The van der Waals surface area contributed by atoms with Crippen LogP contribution in [0.4, 0.5) is 27.6 Å². The molecule has 14 heteroatoms. The predicted octanol–water partition coefficient (Wildman–Crippen LogP) is 5.37. The molecule has 4 aromatic rings. The minimum Gasteiger partial charge on any atom is -0.496 e. The number of methoxy groups -OCH3 is 1. The fraction of sp³-hybridized carbons (Fsp3) is 0.290. The molecule has 2 heterocycles. The van der Waals surface area contributed by atoms with E-state index in [1.807, 2.05) is 5.32 Å². The van der Waals surface area contributed by atoms with Crippen LogP contribution in [-0.2, 0) is 18.3 Å². The average Bonchev–Trinajstić information content (AvgIpc) is 2.97. The van der Waals surface area contributed by atoms with Crippen molar-refractivity contribution in [1.82, 2.24) is 14.9 Å². The van der Waals surface area contributed by atoms with Gasteiger partial charge in [0.1, 0.15) is 35.0 Å². The Balaban J connectivity index is 1.67. The molecule has 9 nitrogen and oxygen atoms in total. The number of hydrogen-bond acceptors (Lipinski definition) is 6. The number of ether oxygens (including phenoxy) is 1. The van der Waals surface area contributed by atoms with Gasteiger partial charge < -0.3 is 25.0 Å². The van der Waals surface area contributed by atoms with E-state index in [-0.39, 0.29) is 17.5 Å². The van der Waals surface area contributed by atoms with Crippen molar-refractivity contribution in [3.8, 4) is 16.9 Å². The van der Waals surface area contributed by atoms with Gasteiger partial charge in [-0.15, -0.1) is 0 Å². The largest absolute Gasteiger partial charge is 0.496 e. The number of amides is 1. The summed E-state index contributed by atoms with van der Waals surface area (Å²) in [6.45, 7) is 2.98. The lowest BCUT2D eigenvalue weighted by atomic mass is 9.95. The van der Waals surface area contributed by atoms with Crippen LogP contribution >= 0.6 is 0 Å². The van der Waals surface area contributed by atoms with Crippen molar-refractivity contribution in [3.63, 3.8) is 0 Å². The molecule has 0 spiro atoms. The minimum absolute atomic E-state index is 0.230. The lowest BCUT2D eigenvalue weighted by molar-refractivity contribution is -0.143. The van der Waals surface area contributed by atoms with Gasteiger partial charge in [-0.25, -0.2) is 13.6 Å². The lowest BCUT2D eigenvalue weighted by Crippen LogP contribution is -2.43. The van der Waals surface area contributed by atoms with E-state index >= 15 is 0 Å². The van der Waals surface area contributed by atoms with E-state index < -0.39 is 59.4 Å². The zero-order valence-electron chi connectivity index (χ0n) is 24.6. The number of nitrogens with zero attached hydrogens (tertiary/aromatic N) is 2. The minimum atomic E-state index is -4.69. The van der Waals surface area contributed by atoms with Crippen LogP contribution in [0.1, 0.15) is 35.0 Å². The molecule has 4 rings (SSSR count). The molecular formula is C31H29F5N4O5. The van der Waals surface area contributed by atoms with Crippen LogP contribution in [0, 0.1) is 18.6 Å². The van der Waals surface area contributed by atoms with Crippen molar-refractivity contribution in [2.75, 3.05) is 12.4 Å². The van der Waals surface area contributed by atoms with Crippen LogP contribution in [0.5, 0.6) is 5.75 Å². The molecule has 238 valence electrons. The number of aliphatic carboxylic acids is 1. The van der Waals surface area contributed by atoms with Gasteiger partial charge in [0.25, 0.3) is 11.5 Å². The maximum Gasteiger partial charge on any atom is 0.408 e. The molecule has 0 aliphatic rings. The first-order chi connectivity index (χ1) is 21.2. The van der Waals surface area contributed by atoms with E-state index in [1.54, 1.807) is 44.3 Å². The third-order valence-electron chi connectivity index (χ3n) is 7.42. The Kier molecular flexibility index (Phi) is 9.45. The van der Waals surface area contributed by atoms with Crippen LogP contribution in [0.25, 0.3) is 22.0 Å². The van der Waals surface area contributed by atoms with Gasteiger partial charge in [0.15, 0.2) is 0 Å². The van der Waals surface area contributed by atoms with E-state index in [0.717, 1.165) is 0 Å². The first kappa shape index (κ1) is 32.9. The Morgan fingerprint density at radius 2 is 1.78 bits per heavy atom. The number of fused-ring (bicyclic) bond motifs is 1. The number of aryl methyl sites for hydroxylation is 1. The molecule has 2 atom stereocenters. The fourth-order valence-corrected chi connectivity index (χ4v) is 4.95. The van der Waals surface area contributed by atoms with Crippen molar-refractivity contribution < 1.29 is 41.4 Å². The van der Waals surface area contributed by atoms with Crippen molar-refractivity contribution in [2.24, 2.45) is 7.05 Å². The summed E-state index contributed by atoms with van der Waals surface area (Å²) in [4.78, 5) is 42.7. The summed E-state index contributed by atoms with van der Waals surface area (Å²) in [6, 6.07) is 5.34. The molecule has 0 unspecified atom stereocenters. The van der Waals surface area contributed by atoms with E-state index in [0.29, 0.717) is 45.6 Å². The molecular weight excluding hydrogens is 603 g/mol. The quantitative estimate of drug-likeness (QED) is 0.201. The molecule has 0 aliphatic heterocycles. The smallest absolute Gasteiger partial charge is 0.408 e. The topological polar surface area (TPSA) is 123 Å². The van der Waals surface area contributed by atoms with Gasteiger partial charge in [-0.3, -0.25) is 14.6 Å². The van der Waals surface area contributed by atoms with Crippen molar-refractivity contribution in [3.05, 3.63) is 87.5 Å². The summed E-state index contributed by atoms with van der Waals surface area (Å²) < 4.78 is 75.9. The standard InChI is InChI=1S/C31H29F5N4O5/c1-5-24(31(34,35)36)38-17-13-20(32)26(21(33)14-17)28(41)39-22(30(43)44)12-16-8-9-19(27-18(16)7-6-10-37-27)25-23(45-4)11-15(2)40(3)29(25)42/h6-11,13-14,22,24,38H,5,12H2,1-4H3,(H,39,41)(H,43,44)/t22-,24+/m0/s1. The van der Waals surface area contributed by atoms with Crippen molar-refractivity contribution in [2.45, 2.75) is 44.9 Å². The first-order valence-corrected chi connectivity index (χ1v) is 13.6. The van der Waals surface area contributed by atoms with E-state index in [4.69, 9.17) is 4.74 Å². The highest BCUT2D eigenvalue weighted by Gasteiger charge is 2.38. The van der Waals surface area contributed by atoms with Gasteiger partial charge in [0.2, 0.25) is 0 Å². The summed E-state index contributed by atoms with van der Waals surface area (Å²) >= 11 is 0. The van der Waals surface area contributed by atoms with Gasteiger partial charge in [0.05, 0.1) is 18.2 Å². The molecule has 0 saturated heterocycles. The SMILES string of the molecule is CC[C@@H](Nc1cc(F)c(C(=O)N[C@@H](Cc2ccc(-c3c(OC)cc(C)n(C)c3=O)c3ncccc23)C(=O)O)c(F)c1)C(F)(F)F. The number of halogens is 5. The second-order valence-electron chi connectivity index (χ2n) is 10.3.